The molecule has 3 rings (SSSR count). The molecule has 7 nitrogen and oxygen atoms in total. The summed E-state index contributed by atoms with van der Waals surface area (Å²) in [6.07, 6.45) is 2.13. The Labute approximate surface area is 157 Å². The van der Waals surface area contributed by atoms with Crippen LogP contribution < -0.4 is 9.47 Å². The van der Waals surface area contributed by atoms with Crippen LogP contribution in [0.3, 0.4) is 0 Å². The van der Waals surface area contributed by atoms with Crippen LogP contribution in [0.5, 0.6) is 11.5 Å². The van der Waals surface area contributed by atoms with E-state index in [1.807, 2.05) is 0 Å². The van der Waals surface area contributed by atoms with Gasteiger partial charge in [-0.15, -0.1) is 0 Å². The van der Waals surface area contributed by atoms with Crippen molar-refractivity contribution in [1.82, 2.24) is 15.0 Å². The van der Waals surface area contributed by atoms with Crippen molar-refractivity contribution in [1.29, 1.82) is 0 Å². The lowest BCUT2D eigenvalue weighted by Crippen LogP contribution is -2.05. The Kier molecular flexibility index (Phi) is 4.87. The summed E-state index contributed by atoms with van der Waals surface area (Å²) in [4.78, 5) is 11.6. The zero-order chi connectivity index (χ0) is 19.9. The van der Waals surface area contributed by atoms with Gasteiger partial charge in [0.2, 0.25) is 15.0 Å². The molecule has 0 atom stereocenters. The first kappa shape index (κ1) is 19.2. The number of hydrogen-bond acceptors (Lipinski definition) is 7. The molecule has 0 radical (unpaired) electrons. The average Bonchev–Trinajstić information content (AvgIpc) is 2.61. The van der Waals surface area contributed by atoms with E-state index >= 15 is 0 Å². The van der Waals surface area contributed by atoms with E-state index in [1.54, 1.807) is 0 Å². The molecule has 0 spiro atoms. The summed E-state index contributed by atoms with van der Waals surface area (Å²) in [6, 6.07) is 2.35. The van der Waals surface area contributed by atoms with Crippen LogP contribution in [0.1, 0.15) is 0 Å². The highest BCUT2D eigenvalue weighted by atomic mass is 35.5. The minimum absolute atomic E-state index is 0.0338. The molecule has 2 aromatic heterocycles. The van der Waals surface area contributed by atoms with Gasteiger partial charge in [-0.25, -0.2) is 32.2 Å². The molecular weight excluding hydrogens is 404 g/mol. The van der Waals surface area contributed by atoms with E-state index in [1.165, 1.54) is 26.5 Å². The lowest BCUT2D eigenvalue weighted by Gasteiger charge is -2.13. The molecule has 0 aliphatic rings. The molecule has 27 heavy (non-hydrogen) atoms. The second kappa shape index (κ2) is 6.86. The number of hydrogen-bond donors (Lipinski definition) is 0. The summed E-state index contributed by atoms with van der Waals surface area (Å²) in [5.41, 5.74) is -0.635. The predicted octanol–water partition coefficient (Wildman–Crippen LogP) is 3.04. The van der Waals surface area contributed by atoms with Crippen LogP contribution in [-0.4, -0.2) is 43.8 Å². The summed E-state index contributed by atoms with van der Waals surface area (Å²) >= 11 is 6.08. The Morgan fingerprint density at radius 2 is 1.63 bits per heavy atom. The van der Waals surface area contributed by atoms with E-state index in [2.05, 4.69) is 15.0 Å². The smallest absolute Gasteiger partial charge is 0.247 e. The summed E-state index contributed by atoms with van der Waals surface area (Å²) in [5, 5.41) is -0.430. The molecule has 0 aliphatic heterocycles. The first-order valence-electron chi connectivity index (χ1n) is 7.31. The van der Waals surface area contributed by atoms with Crippen LogP contribution in [0.2, 0.25) is 5.15 Å². The van der Waals surface area contributed by atoms with Crippen molar-refractivity contribution < 1.29 is 26.7 Å². The van der Waals surface area contributed by atoms with Gasteiger partial charge in [0.1, 0.15) is 5.52 Å². The number of methoxy groups -OCH3 is 2. The van der Waals surface area contributed by atoms with Crippen molar-refractivity contribution in [2.24, 2.45) is 0 Å². The standard InChI is InChI=1S/C16H12ClF2N3O4S/c1-25-9-5-10(26-2)13(19)11(12(9)18)8-4-7-6-20-16(27(3,23)24)22-14(7)15(17)21-8/h4-6H,1-3H3. The van der Waals surface area contributed by atoms with Crippen LogP contribution in [-0.2, 0) is 9.84 Å². The molecule has 3 aromatic rings. The van der Waals surface area contributed by atoms with Crippen molar-refractivity contribution in [3.63, 3.8) is 0 Å². The van der Waals surface area contributed by atoms with Gasteiger partial charge in [0.15, 0.2) is 28.3 Å². The third-order valence-corrected chi connectivity index (χ3v) is 4.79. The molecule has 2 heterocycles. The van der Waals surface area contributed by atoms with Gasteiger partial charge in [0.25, 0.3) is 0 Å². The van der Waals surface area contributed by atoms with Gasteiger partial charge in [-0.3, -0.25) is 0 Å². The molecule has 142 valence electrons. The number of pyridine rings is 1. The average molecular weight is 416 g/mol. The summed E-state index contributed by atoms with van der Waals surface area (Å²) in [5.74, 6) is -2.48. The minimum Gasteiger partial charge on any atom is -0.494 e. The normalized spacial score (nSPS) is 11.6. The van der Waals surface area contributed by atoms with E-state index in [4.69, 9.17) is 21.1 Å². The second-order valence-corrected chi connectivity index (χ2v) is 7.71. The van der Waals surface area contributed by atoms with Crippen molar-refractivity contribution in [2.75, 3.05) is 20.5 Å². The highest BCUT2D eigenvalue weighted by molar-refractivity contribution is 7.90. The van der Waals surface area contributed by atoms with Gasteiger partial charge < -0.3 is 9.47 Å². The monoisotopic (exact) mass is 415 g/mol. The summed E-state index contributed by atoms with van der Waals surface area (Å²) in [6.45, 7) is 0. The maximum absolute atomic E-state index is 14.7. The molecule has 0 saturated carbocycles. The Balaban J connectivity index is 2.31. The van der Waals surface area contributed by atoms with Gasteiger partial charge in [0.05, 0.1) is 25.5 Å². The molecular formula is C16H12ClF2N3O4S. The second-order valence-electron chi connectivity index (χ2n) is 5.44. The first-order valence-corrected chi connectivity index (χ1v) is 9.58. The SMILES string of the molecule is COc1cc(OC)c(F)c(-c2cc3cnc(S(C)(=O)=O)nc3c(Cl)n2)c1F. The lowest BCUT2D eigenvalue weighted by molar-refractivity contribution is 0.359. The van der Waals surface area contributed by atoms with Crippen molar-refractivity contribution >= 4 is 32.3 Å². The zero-order valence-electron chi connectivity index (χ0n) is 14.2. The molecule has 0 N–H and O–H groups in total. The van der Waals surface area contributed by atoms with Crippen LogP contribution in [0.15, 0.2) is 23.5 Å². The quantitative estimate of drug-likeness (QED) is 0.477. The lowest BCUT2D eigenvalue weighted by atomic mass is 10.1. The first-order chi connectivity index (χ1) is 12.7. The Morgan fingerprint density at radius 1 is 1.04 bits per heavy atom. The molecule has 0 saturated heterocycles. The van der Waals surface area contributed by atoms with E-state index in [9.17, 15) is 17.2 Å². The van der Waals surface area contributed by atoms with Crippen molar-refractivity contribution in [3.05, 3.63) is 35.1 Å². The van der Waals surface area contributed by atoms with Crippen LogP contribution >= 0.6 is 11.6 Å². The molecule has 0 fully saturated rings. The summed E-state index contributed by atoms with van der Waals surface area (Å²) < 4.78 is 62.3. The molecule has 0 unspecified atom stereocenters. The van der Waals surface area contributed by atoms with Gasteiger partial charge in [-0.1, -0.05) is 11.6 Å². The van der Waals surface area contributed by atoms with Gasteiger partial charge in [-0.2, -0.15) is 0 Å². The van der Waals surface area contributed by atoms with E-state index in [0.29, 0.717) is 0 Å². The van der Waals surface area contributed by atoms with Crippen LogP contribution in [0.25, 0.3) is 22.2 Å². The van der Waals surface area contributed by atoms with Gasteiger partial charge in [0, 0.05) is 23.9 Å². The number of fused-ring (bicyclic) bond motifs is 1. The Morgan fingerprint density at radius 3 is 2.15 bits per heavy atom. The molecule has 0 bridgehead atoms. The number of halogens is 3. The van der Waals surface area contributed by atoms with Crippen LogP contribution in [0.4, 0.5) is 8.78 Å². The molecule has 11 heteroatoms. The van der Waals surface area contributed by atoms with Crippen LogP contribution in [0, 0.1) is 11.6 Å². The number of rotatable bonds is 4. The Hall–Kier alpha value is -2.59. The van der Waals surface area contributed by atoms with E-state index in [-0.39, 0.29) is 33.2 Å². The molecule has 1 aromatic carbocycles. The number of sulfone groups is 1. The van der Waals surface area contributed by atoms with Gasteiger partial charge in [-0.05, 0) is 6.07 Å². The molecule has 0 amide bonds. The fourth-order valence-corrected chi connectivity index (χ4v) is 3.15. The van der Waals surface area contributed by atoms with E-state index in [0.717, 1.165) is 12.3 Å². The van der Waals surface area contributed by atoms with Gasteiger partial charge >= 0.3 is 0 Å². The fourth-order valence-electron chi connectivity index (χ4n) is 2.40. The number of ether oxygens (including phenoxy) is 2. The topological polar surface area (TPSA) is 91.3 Å². The maximum Gasteiger partial charge on any atom is 0.247 e. The number of aromatic nitrogens is 3. The fraction of sp³-hybridized carbons (Fsp3) is 0.188. The number of benzene rings is 1. The van der Waals surface area contributed by atoms with E-state index < -0.39 is 32.2 Å². The predicted molar refractivity (Wildman–Crippen MR) is 93.9 cm³/mol. The largest absolute Gasteiger partial charge is 0.494 e. The zero-order valence-corrected chi connectivity index (χ0v) is 15.8. The van der Waals surface area contributed by atoms with Crippen molar-refractivity contribution in [3.8, 4) is 22.8 Å². The third-order valence-electron chi connectivity index (χ3n) is 3.66. The van der Waals surface area contributed by atoms with Crippen molar-refractivity contribution in [2.45, 2.75) is 5.16 Å². The minimum atomic E-state index is -3.67. The highest BCUT2D eigenvalue weighted by Crippen LogP contribution is 2.38. The molecule has 0 aliphatic carbocycles. The third kappa shape index (κ3) is 3.37. The maximum atomic E-state index is 14.7. The Bertz CT molecular complexity index is 1140. The highest BCUT2D eigenvalue weighted by Gasteiger charge is 2.24. The number of nitrogens with zero attached hydrogens (tertiary/aromatic N) is 3. The summed E-state index contributed by atoms with van der Waals surface area (Å²) in [7, 11) is -1.22.